The van der Waals surface area contributed by atoms with Crippen LogP contribution in [0.4, 0.5) is 5.69 Å². The molecule has 2 rings (SSSR count). The summed E-state index contributed by atoms with van der Waals surface area (Å²) in [5, 5.41) is 13.5. The third kappa shape index (κ3) is 2.20. The predicted octanol–water partition coefficient (Wildman–Crippen LogP) is 1.11. The summed E-state index contributed by atoms with van der Waals surface area (Å²) < 4.78 is 0. The van der Waals surface area contributed by atoms with E-state index in [0.29, 0.717) is 13.0 Å². The first kappa shape index (κ1) is 10.6. The van der Waals surface area contributed by atoms with E-state index in [4.69, 9.17) is 0 Å². The molecule has 2 aromatic rings. The number of anilines is 1. The number of carbonyl (C=O) groups is 1. The van der Waals surface area contributed by atoms with Gasteiger partial charge >= 0.3 is 0 Å². The second-order valence-corrected chi connectivity index (χ2v) is 3.54. The van der Waals surface area contributed by atoms with E-state index in [-0.39, 0.29) is 5.91 Å². The number of nitrogens with zero attached hydrogens (tertiary/aromatic N) is 1. The Morgan fingerprint density at radius 2 is 2.38 bits per heavy atom. The Morgan fingerprint density at radius 3 is 3.19 bits per heavy atom. The van der Waals surface area contributed by atoms with Crippen molar-refractivity contribution in [1.29, 1.82) is 0 Å². The third-order valence-corrected chi connectivity index (χ3v) is 2.36. The van der Waals surface area contributed by atoms with Gasteiger partial charge in [-0.2, -0.15) is 5.10 Å². The van der Waals surface area contributed by atoms with Gasteiger partial charge in [0, 0.05) is 18.4 Å². The maximum Gasteiger partial charge on any atom is 0.225 e. The molecule has 0 aliphatic heterocycles. The summed E-state index contributed by atoms with van der Waals surface area (Å²) in [5.74, 6) is 0.00282. The molecule has 1 heterocycles. The van der Waals surface area contributed by atoms with Crippen LogP contribution in [0.25, 0.3) is 10.9 Å². The number of fused-ring (bicyclic) bond motifs is 1. The van der Waals surface area contributed by atoms with Gasteiger partial charge in [-0.15, -0.1) is 0 Å². The second kappa shape index (κ2) is 4.76. The zero-order chi connectivity index (χ0) is 11.4. The molecule has 0 aliphatic rings. The molecule has 0 spiro atoms. The minimum atomic E-state index is 0.00282. The SMILES string of the molecule is CNCCC(=O)Nc1cccc2[nH]ncc12. The lowest BCUT2D eigenvalue weighted by molar-refractivity contribution is -0.116. The van der Waals surface area contributed by atoms with Crippen molar-refractivity contribution in [2.24, 2.45) is 0 Å². The van der Waals surface area contributed by atoms with Crippen molar-refractivity contribution < 1.29 is 4.79 Å². The van der Waals surface area contributed by atoms with Gasteiger partial charge in [0.05, 0.1) is 17.4 Å². The first-order valence-corrected chi connectivity index (χ1v) is 5.18. The summed E-state index contributed by atoms with van der Waals surface area (Å²) in [6.07, 6.45) is 2.17. The summed E-state index contributed by atoms with van der Waals surface area (Å²) in [6, 6.07) is 5.68. The average molecular weight is 218 g/mol. The fraction of sp³-hybridized carbons (Fsp3) is 0.273. The fourth-order valence-corrected chi connectivity index (χ4v) is 1.53. The minimum Gasteiger partial charge on any atom is -0.325 e. The van der Waals surface area contributed by atoms with Crippen molar-refractivity contribution in [3.63, 3.8) is 0 Å². The van der Waals surface area contributed by atoms with Crippen LogP contribution in [0.3, 0.4) is 0 Å². The summed E-state index contributed by atoms with van der Waals surface area (Å²) >= 11 is 0. The summed E-state index contributed by atoms with van der Waals surface area (Å²) in [5.41, 5.74) is 1.72. The smallest absolute Gasteiger partial charge is 0.225 e. The highest BCUT2D eigenvalue weighted by Gasteiger charge is 2.05. The molecule has 0 radical (unpaired) electrons. The Labute approximate surface area is 93.2 Å². The molecule has 0 fully saturated rings. The van der Waals surface area contributed by atoms with Gasteiger partial charge in [0.25, 0.3) is 0 Å². The number of aromatic amines is 1. The lowest BCUT2D eigenvalue weighted by atomic mass is 10.2. The molecule has 84 valence electrons. The van der Waals surface area contributed by atoms with Crippen molar-refractivity contribution in [2.75, 3.05) is 18.9 Å². The van der Waals surface area contributed by atoms with E-state index in [9.17, 15) is 4.79 Å². The highest BCUT2D eigenvalue weighted by Crippen LogP contribution is 2.20. The molecule has 0 atom stereocenters. The number of hydrogen-bond acceptors (Lipinski definition) is 3. The number of rotatable bonds is 4. The van der Waals surface area contributed by atoms with Crippen molar-refractivity contribution in [1.82, 2.24) is 15.5 Å². The fourth-order valence-electron chi connectivity index (χ4n) is 1.53. The van der Waals surface area contributed by atoms with Crippen LogP contribution < -0.4 is 10.6 Å². The predicted molar refractivity (Wildman–Crippen MR) is 63.3 cm³/mol. The van der Waals surface area contributed by atoms with Gasteiger partial charge in [0.15, 0.2) is 0 Å². The molecule has 1 amide bonds. The van der Waals surface area contributed by atoms with E-state index in [1.54, 1.807) is 6.20 Å². The zero-order valence-corrected chi connectivity index (χ0v) is 9.08. The van der Waals surface area contributed by atoms with Gasteiger partial charge in [-0.1, -0.05) is 6.07 Å². The Kier molecular flexibility index (Phi) is 3.16. The Hall–Kier alpha value is -1.88. The zero-order valence-electron chi connectivity index (χ0n) is 9.08. The van der Waals surface area contributed by atoms with Crippen LogP contribution in [-0.2, 0) is 4.79 Å². The molecule has 1 aromatic heterocycles. The van der Waals surface area contributed by atoms with E-state index in [1.165, 1.54) is 0 Å². The van der Waals surface area contributed by atoms with Gasteiger partial charge in [0.1, 0.15) is 0 Å². The van der Waals surface area contributed by atoms with E-state index in [0.717, 1.165) is 16.6 Å². The number of H-pyrrole nitrogens is 1. The van der Waals surface area contributed by atoms with Crippen LogP contribution in [0.2, 0.25) is 0 Å². The van der Waals surface area contributed by atoms with Crippen molar-refractivity contribution in [3.05, 3.63) is 24.4 Å². The summed E-state index contributed by atoms with van der Waals surface area (Å²) in [7, 11) is 1.82. The molecular weight excluding hydrogens is 204 g/mol. The van der Waals surface area contributed by atoms with Crippen LogP contribution >= 0.6 is 0 Å². The molecule has 5 heteroatoms. The van der Waals surface area contributed by atoms with Gasteiger partial charge < -0.3 is 10.6 Å². The van der Waals surface area contributed by atoms with Crippen LogP contribution in [-0.4, -0.2) is 29.7 Å². The summed E-state index contributed by atoms with van der Waals surface area (Å²) in [6.45, 7) is 0.674. The van der Waals surface area contributed by atoms with Crippen molar-refractivity contribution in [2.45, 2.75) is 6.42 Å². The highest BCUT2D eigenvalue weighted by molar-refractivity contribution is 6.00. The first-order chi connectivity index (χ1) is 7.81. The topological polar surface area (TPSA) is 69.8 Å². The van der Waals surface area contributed by atoms with Gasteiger partial charge in [-0.3, -0.25) is 9.89 Å². The Morgan fingerprint density at radius 1 is 1.50 bits per heavy atom. The number of hydrogen-bond donors (Lipinski definition) is 3. The van der Waals surface area contributed by atoms with Gasteiger partial charge in [0.2, 0.25) is 5.91 Å². The summed E-state index contributed by atoms with van der Waals surface area (Å²) in [4.78, 5) is 11.6. The van der Waals surface area contributed by atoms with Gasteiger partial charge in [-0.05, 0) is 19.2 Å². The highest BCUT2D eigenvalue weighted by atomic mass is 16.1. The molecule has 0 saturated carbocycles. The van der Waals surface area contributed by atoms with E-state index < -0.39 is 0 Å². The Bertz CT molecular complexity index is 491. The molecule has 1 aromatic carbocycles. The third-order valence-electron chi connectivity index (χ3n) is 2.36. The number of benzene rings is 1. The number of aromatic nitrogens is 2. The number of nitrogens with one attached hydrogen (secondary N) is 3. The van der Waals surface area contributed by atoms with Crippen LogP contribution in [0.1, 0.15) is 6.42 Å². The van der Waals surface area contributed by atoms with E-state index >= 15 is 0 Å². The molecule has 0 bridgehead atoms. The Balaban J connectivity index is 2.14. The molecule has 3 N–H and O–H groups in total. The first-order valence-electron chi connectivity index (χ1n) is 5.18. The maximum atomic E-state index is 11.6. The molecular formula is C11H14N4O. The van der Waals surface area contributed by atoms with Crippen LogP contribution in [0.15, 0.2) is 24.4 Å². The monoisotopic (exact) mass is 218 g/mol. The normalized spacial score (nSPS) is 10.6. The lowest BCUT2D eigenvalue weighted by Crippen LogP contribution is -2.18. The minimum absolute atomic E-state index is 0.00282. The van der Waals surface area contributed by atoms with E-state index in [2.05, 4.69) is 20.8 Å². The van der Waals surface area contributed by atoms with Crippen LogP contribution in [0.5, 0.6) is 0 Å². The number of carbonyl (C=O) groups excluding carboxylic acids is 1. The quantitative estimate of drug-likeness (QED) is 0.720. The molecule has 0 aliphatic carbocycles. The van der Waals surface area contributed by atoms with Gasteiger partial charge in [-0.25, -0.2) is 0 Å². The number of amides is 1. The van der Waals surface area contributed by atoms with Crippen molar-refractivity contribution >= 4 is 22.5 Å². The molecule has 0 saturated heterocycles. The van der Waals surface area contributed by atoms with Crippen molar-refractivity contribution in [3.8, 4) is 0 Å². The van der Waals surface area contributed by atoms with Crippen LogP contribution in [0, 0.1) is 0 Å². The second-order valence-electron chi connectivity index (χ2n) is 3.54. The average Bonchev–Trinajstić information content (AvgIpc) is 2.75. The largest absolute Gasteiger partial charge is 0.325 e. The maximum absolute atomic E-state index is 11.6. The van der Waals surface area contributed by atoms with E-state index in [1.807, 2.05) is 25.2 Å². The molecule has 16 heavy (non-hydrogen) atoms. The lowest BCUT2D eigenvalue weighted by Gasteiger charge is -2.05. The molecule has 5 nitrogen and oxygen atoms in total. The standard InChI is InChI=1S/C11H14N4O/c1-12-6-5-11(16)14-9-3-2-4-10-8(9)7-13-15-10/h2-4,7,12H,5-6H2,1H3,(H,13,15)(H,14,16). The molecule has 0 unspecified atom stereocenters.